The summed E-state index contributed by atoms with van der Waals surface area (Å²) in [5.74, 6) is -0.308. The van der Waals surface area contributed by atoms with Gasteiger partial charge in [0.1, 0.15) is 17.5 Å². The number of hydrogen-bond acceptors (Lipinski definition) is 5. The molecule has 162 valence electrons. The Bertz CT molecular complexity index is 760. The molecule has 2 aliphatic heterocycles. The minimum absolute atomic E-state index is 0.0530. The van der Waals surface area contributed by atoms with E-state index >= 15 is 0 Å². The smallest absolute Gasteiger partial charge is 0.410 e. The molecule has 3 rings (SSSR count). The maximum Gasteiger partial charge on any atom is 0.410 e. The zero-order valence-electron chi connectivity index (χ0n) is 16.5. The third kappa shape index (κ3) is 5.39. The predicted molar refractivity (Wildman–Crippen MR) is 101 cm³/mol. The first kappa shape index (κ1) is 21.8. The van der Waals surface area contributed by atoms with E-state index in [0.717, 1.165) is 6.07 Å². The molecule has 1 fully saturated rings. The minimum Gasteiger partial charge on any atom is -0.484 e. The largest absolute Gasteiger partial charge is 0.484 e. The summed E-state index contributed by atoms with van der Waals surface area (Å²) in [5, 5.41) is 0.0530. The van der Waals surface area contributed by atoms with Crippen molar-refractivity contribution in [1.82, 2.24) is 4.90 Å². The van der Waals surface area contributed by atoms with Crippen molar-refractivity contribution in [3.05, 3.63) is 23.0 Å². The molecular formula is C19H24ClF3N2O4. The summed E-state index contributed by atoms with van der Waals surface area (Å²) in [6.07, 6.45) is -0.905. The standard InChI is InChI=1S/C19H24ClF3N2O4/c1-19(2,3)29-18(26)24-4-5-25-12(9-24)8-13(10-27-17(22)23)28-16-14(20)6-11(21)7-15(16)25/h6-7,12-13,17H,4-5,8-10H2,1-3H3/t12-,13+/m1/s1. The van der Waals surface area contributed by atoms with Crippen LogP contribution >= 0.6 is 11.6 Å². The fraction of sp³-hybridized carbons (Fsp3) is 0.632. The quantitative estimate of drug-likeness (QED) is 0.707. The van der Waals surface area contributed by atoms with Crippen molar-refractivity contribution in [3.8, 4) is 5.75 Å². The third-order valence-electron chi connectivity index (χ3n) is 4.66. The number of ether oxygens (including phenoxy) is 3. The molecule has 0 bridgehead atoms. The summed E-state index contributed by atoms with van der Waals surface area (Å²) in [5.41, 5.74) is -0.208. The molecule has 2 aliphatic rings. The monoisotopic (exact) mass is 436 g/mol. The predicted octanol–water partition coefficient (Wildman–Crippen LogP) is 4.30. The highest BCUT2D eigenvalue weighted by molar-refractivity contribution is 6.32. The highest BCUT2D eigenvalue weighted by atomic mass is 35.5. The second kappa shape index (κ2) is 8.47. The highest BCUT2D eigenvalue weighted by Crippen LogP contribution is 2.42. The number of benzene rings is 1. The number of piperazine rings is 1. The zero-order chi connectivity index (χ0) is 21.3. The molecule has 1 aromatic rings. The van der Waals surface area contributed by atoms with Crippen LogP contribution in [-0.4, -0.2) is 61.6 Å². The van der Waals surface area contributed by atoms with Crippen LogP contribution in [0.4, 0.5) is 23.7 Å². The van der Waals surface area contributed by atoms with Gasteiger partial charge >= 0.3 is 12.7 Å². The first-order valence-corrected chi connectivity index (χ1v) is 9.71. The number of fused-ring (bicyclic) bond motifs is 3. The normalized spacial score (nSPS) is 21.9. The van der Waals surface area contributed by atoms with Crippen LogP contribution in [0, 0.1) is 5.82 Å². The van der Waals surface area contributed by atoms with E-state index < -0.39 is 30.2 Å². The van der Waals surface area contributed by atoms with Gasteiger partial charge in [-0.3, -0.25) is 0 Å². The van der Waals surface area contributed by atoms with Crippen LogP contribution < -0.4 is 9.64 Å². The molecule has 2 atom stereocenters. The van der Waals surface area contributed by atoms with Gasteiger partial charge in [-0.05, 0) is 26.8 Å². The van der Waals surface area contributed by atoms with Crippen molar-refractivity contribution in [2.75, 3.05) is 31.1 Å². The van der Waals surface area contributed by atoms with Gasteiger partial charge in [0.05, 0.1) is 23.4 Å². The number of amides is 1. The maximum atomic E-state index is 14.0. The van der Waals surface area contributed by atoms with E-state index in [9.17, 15) is 18.0 Å². The van der Waals surface area contributed by atoms with E-state index in [4.69, 9.17) is 21.1 Å². The Morgan fingerprint density at radius 1 is 1.34 bits per heavy atom. The molecule has 0 N–H and O–H groups in total. The molecule has 6 nitrogen and oxygen atoms in total. The van der Waals surface area contributed by atoms with Crippen LogP contribution in [-0.2, 0) is 9.47 Å². The van der Waals surface area contributed by atoms with Crippen molar-refractivity contribution in [2.24, 2.45) is 0 Å². The van der Waals surface area contributed by atoms with Gasteiger partial charge in [-0.15, -0.1) is 0 Å². The Labute approximate surface area is 172 Å². The van der Waals surface area contributed by atoms with E-state index in [1.54, 1.807) is 25.7 Å². The Kier molecular flexibility index (Phi) is 6.38. The van der Waals surface area contributed by atoms with Crippen LogP contribution in [0.5, 0.6) is 5.75 Å². The molecule has 0 aromatic heterocycles. The second-order valence-electron chi connectivity index (χ2n) is 8.08. The average molecular weight is 437 g/mol. The summed E-state index contributed by atoms with van der Waals surface area (Å²) >= 11 is 6.17. The molecule has 10 heteroatoms. The van der Waals surface area contributed by atoms with Gasteiger partial charge in [-0.2, -0.15) is 8.78 Å². The fourth-order valence-corrected chi connectivity index (χ4v) is 3.79. The lowest BCUT2D eigenvalue weighted by Crippen LogP contribution is -2.56. The van der Waals surface area contributed by atoms with Gasteiger partial charge in [-0.25, -0.2) is 9.18 Å². The lowest BCUT2D eigenvalue weighted by atomic mass is 10.0. The lowest BCUT2D eigenvalue weighted by Gasteiger charge is -2.42. The average Bonchev–Trinajstić information content (AvgIpc) is 2.75. The van der Waals surface area contributed by atoms with Gasteiger partial charge in [0.2, 0.25) is 0 Å². The molecule has 0 spiro atoms. The van der Waals surface area contributed by atoms with E-state index in [2.05, 4.69) is 4.74 Å². The SMILES string of the molecule is CC(C)(C)OC(=O)N1CCN2c3cc(F)cc(Cl)c3O[C@H](COC(F)F)C[C@@H]2C1. The summed E-state index contributed by atoms with van der Waals surface area (Å²) in [6.45, 7) is 3.06. The van der Waals surface area contributed by atoms with Crippen LogP contribution in [0.1, 0.15) is 27.2 Å². The van der Waals surface area contributed by atoms with Gasteiger partial charge in [0.15, 0.2) is 5.75 Å². The lowest BCUT2D eigenvalue weighted by molar-refractivity contribution is -0.145. The highest BCUT2D eigenvalue weighted by Gasteiger charge is 2.38. The van der Waals surface area contributed by atoms with E-state index in [1.807, 2.05) is 4.90 Å². The van der Waals surface area contributed by atoms with Crippen molar-refractivity contribution < 1.29 is 32.2 Å². The second-order valence-corrected chi connectivity index (χ2v) is 8.49. The topological polar surface area (TPSA) is 51.2 Å². The van der Waals surface area contributed by atoms with Crippen molar-refractivity contribution >= 4 is 23.4 Å². The fourth-order valence-electron chi connectivity index (χ4n) is 3.54. The van der Waals surface area contributed by atoms with Crippen molar-refractivity contribution in [3.63, 3.8) is 0 Å². The number of halogens is 4. The number of anilines is 1. The zero-order valence-corrected chi connectivity index (χ0v) is 17.2. The van der Waals surface area contributed by atoms with Gasteiger partial charge in [0, 0.05) is 32.1 Å². The molecule has 1 aromatic carbocycles. The number of carbonyl (C=O) groups is 1. The Morgan fingerprint density at radius 2 is 2.07 bits per heavy atom. The molecule has 0 unspecified atom stereocenters. The number of alkyl halides is 2. The molecule has 0 saturated carbocycles. The molecule has 0 aliphatic carbocycles. The van der Waals surface area contributed by atoms with Gasteiger partial charge < -0.3 is 24.0 Å². The Balaban J connectivity index is 1.86. The summed E-state index contributed by atoms with van der Waals surface area (Å²) in [6, 6.07) is 2.11. The first-order valence-electron chi connectivity index (χ1n) is 9.33. The van der Waals surface area contributed by atoms with Crippen LogP contribution in [0.15, 0.2) is 12.1 Å². The molecule has 2 heterocycles. The molecule has 1 amide bonds. The van der Waals surface area contributed by atoms with Crippen LogP contribution in [0.2, 0.25) is 5.02 Å². The Hall–Kier alpha value is -1.87. The van der Waals surface area contributed by atoms with Gasteiger partial charge in [-0.1, -0.05) is 11.6 Å². The molecule has 1 saturated heterocycles. The summed E-state index contributed by atoms with van der Waals surface area (Å²) in [7, 11) is 0. The van der Waals surface area contributed by atoms with Gasteiger partial charge in [0.25, 0.3) is 0 Å². The Morgan fingerprint density at radius 3 is 2.72 bits per heavy atom. The number of carbonyl (C=O) groups excluding carboxylic acids is 1. The van der Waals surface area contributed by atoms with E-state index in [1.165, 1.54) is 6.07 Å². The number of rotatable bonds is 3. The summed E-state index contributed by atoms with van der Waals surface area (Å²) in [4.78, 5) is 15.9. The van der Waals surface area contributed by atoms with E-state index in [0.29, 0.717) is 25.2 Å². The molecule has 0 radical (unpaired) electrons. The number of hydrogen-bond donors (Lipinski definition) is 0. The number of nitrogens with zero attached hydrogens (tertiary/aromatic N) is 2. The van der Waals surface area contributed by atoms with E-state index in [-0.39, 0.29) is 30.0 Å². The maximum absolute atomic E-state index is 14.0. The molecular weight excluding hydrogens is 413 g/mol. The van der Waals surface area contributed by atoms with Crippen LogP contribution in [0.25, 0.3) is 0 Å². The first-order chi connectivity index (χ1) is 13.5. The molecule has 29 heavy (non-hydrogen) atoms. The van der Waals surface area contributed by atoms with Crippen LogP contribution in [0.3, 0.4) is 0 Å². The van der Waals surface area contributed by atoms with Crippen molar-refractivity contribution in [2.45, 2.75) is 51.6 Å². The van der Waals surface area contributed by atoms with Crippen molar-refractivity contribution in [1.29, 1.82) is 0 Å². The summed E-state index contributed by atoms with van der Waals surface area (Å²) < 4.78 is 54.8. The third-order valence-corrected chi connectivity index (χ3v) is 4.94. The minimum atomic E-state index is -2.94.